The van der Waals surface area contributed by atoms with Gasteiger partial charge in [-0.3, -0.25) is 0 Å². The van der Waals surface area contributed by atoms with E-state index in [1.54, 1.807) is 6.07 Å². The summed E-state index contributed by atoms with van der Waals surface area (Å²) in [6.45, 7) is 4.07. The van der Waals surface area contributed by atoms with Crippen molar-refractivity contribution in [1.82, 2.24) is 0 Å². The van der Waals surface area contributed by atoms with Gasteiger partial charge in [-0.2, -0.15) is 0 Å². The normalized spacial score (nSPS) is 10.1. The van der Waals surface area contributed by atoms with Crippen molar-refractivity contribution >= 4 is 11.6 Å². The van der Waals surface area contributed by atoms with Gasteiger partial charge < -0.3 is 9.47 Å². The highest BCUT2D eigenvalue weighted by Crippen LogP contribution is 2.16. The molecule has 0 saturated heterocycles. The second kappa shape index (κ2) is 6.68. The van der Waals surface area contributed by atoms with Gasteiger partial charge in [0, 0.05) is 11.6 Å². The van der Waals surface area contributed by atoms with Gasteiger partial charge >= 0.3 is 0 Å². The Labute approximate surface area is 89.8 Å². The molecule has 14 heavy (non-hydrogen) atoms. The first-order valence-corrected chi connectivity index (χ1v) is 5.17. The van der Waals surface area contributed by atoms with Crippen LogP contribution < -0.4 is 4.74 Å². The molecule has 0 spiro atoms. The van der Waals surface area contributed by atoms with Crippen molar-refractivity contribution in [3.8, 4) is 5.75 Å². The van der Waals surface area contributed by atoms with Gasteiger partial charge in [0.2, 0.25) is 0 Å². The molecule has 0 amide bonds. The number of benzene rings is 1. The van der Waals surface area contributed by atoms with Crippen molar-refractivity contribution in [1.29, 1.82) is 0 Å². The average molecular weight is 215 g/mol. The fourth-order valence-corrected chi connectivity index (χ4v) is 1.20. The summed E-state index contributed by atoms with van der Waals surface area (Å²) in [5.74, 6) is 0.789. The summed E-state index contributed by atoms with van der Waals surface area (Å²) >= 11 is 5.80. The molecule has 3 heteroatoms. The van der Waals surface area contributed by atoms with Gasteiger partial charge in [-0.1, -0.05) is 24.6 Å². The van der Waals surface area contributed by atoms with Gasteiger partial charge in [0.15, 0.2) is 0 Å². The molecule has 0 atom stereocenters. The predicted octanol–water partition coefficient (Wildman–Crippen LogP) is 3.15. The van der Waals surface area contributed by atoms with Gasteiger partial charge in [-0.25, -0.2) is 0 Å². The third-order valence-corrected chi connectivity index (χ3v) is 1.88. The maximum atomic E-state index is 5.80. The molecule has 1 rings (SSSR count). The molecule has 1 aromatic rings. The third-order valence-electron chi connectivity index (χ3n) is 1.64. The Kier molecular flexibility index (Phi) is 5.42. The van der Waals surface area contributed by atoms with Crippen LogP contribution in [0.15, 0.2) is 24.3 Å². The monoisotopic (exact) mass is 214 g/mol. The van der Waals surface area contributed by atoms with Gasteiger partial charge in [0.25, 0.3) is 0 Å². The lowest BCUT2D eigenvalue weighted by atomic mass is 10.3. The Bertz CT molecular complexity index is 263. The second-order valence-electron chi connectivity index (χ2n) is 2.92. The summed E-state index contributed by atoms with van der Waals surface area (Å²) in [5.41, 5.74) is 0. The molecule has 0 aliphatic rings. The minimum atomic E-state index is 0.570. The molecule has 2 nitrogen and oxygen atoms in total. The van der Waals surface area contributed by atoms with Crippen LogP contribution in [0, 0.1) is 0 Å². The van der Waals surface area contributed by atoms with E-state index in [0.717, 1.165) is 18.8 Å². The number of ether oxygens (including phenoxy) is 2. The van der Waals surface area contributed by atoms with Crippen molar-refractivity contribution < 1.29 is 9.47 Å². The minimum absolute atomic E-state index is 0.570. The van der Waals surface area contributed by atoms with E-state index < -0.39 is 0 Å². The molecular weight excluding hydrogens is 200 g/mol. The molecule has 0 fully saturated rings. The summed E-state index contributed by atoms with van der Waals surface area (Å²) in [7, 11) is 0. The van der Waals surface area contributed by atoms with E-state index in [0.29, 0.717) is 18.2 Å². The zero-order valence-electron chi connectivity index (χ0n) is 8.33. The molecule has 0 saturated carbocycles. The number of hydrogen-bond donors (Lipinski definition) is 0. The van der Waals surface area contributed by atoms with E-state index >= 15 is 0 Å². The Morgan fingerprint density at radius 3 is 2.79 bits per heavy atom. The lowest BCUT2D eigenvalue weighted by Gasteiger charge is -2.06. The van der Waals surface area contributed by atoms with E-state index in [1.165, 1.54) is 0 Å². The van der Waals surface area contributed by atoms with Crippen LogP contribution in [0.25, 0.3) is 0 Å². The minimum Gasteiger partial charge on any atom is -0.491 e. The van der Waals surface area contributed by atoms with Gasteiger partial charge in [-0.15, -0.1) is 0 Å². The van der Waals surface area contributed by atoms with Crippen LogP contribution >= 0.6 is 11.6 Å². The molecule has 0 heterocycles. The molecule has 1 aromatic carbocycles. The third kappa shape index (κ3) is 4.49. The van der Waals surface area contributed by atoms with E-state index in [1.807, 2.05) is 18.2 Å². The number of hydrogen-bond acceptors (Lipinski definition) is 2. The fourth-order valence-electron chi connectivity index (χ4n) is 1.02. The van der Waals surface area contributed by atoms with Crippen LogP contribution in [0.5, 0.6) is 5.75 Å². The standard InChI is InChI=1S/C11H15ClO2/c1-2-6-13-7-8-14-11-5-3-4-10(12)9-11/h3-5,9H,2,6-8H2,1H3. The first kappa shape index (κ1) is 11.3. The summed E-state index contributed by atoms with van der Waals surface area (Å²) in [5, 5.41) is 0.692. The Hall–Kier alpha value is -0.730. The summed E-state index contributed by atoms with van der Waals surface area (Å²) in [6.07, 6.45) is 1.04. The maximum absolute atomic E-state index is 5.80. The SMILES string of the molecule is CCCOCCOc1cccc(Cl)c1. The van der Waals surface area contributed by atoms with E-state index in [9.17, 15) is 0 Å². The van der Waals surface area contributed by atoms with Crippen LogP contribution in [0.3, 0.4) is 0 Å². The van der Waals surface area contributed by atoms with Gasteiger partial charge in [0.05, 0.1) is 6.61 Å². The van der Waals surface area contributed by atoms with Crippen molar-refractivity contribution in [2.75, 3.05) is 19.8 Å². The molecule has 0 bridgehead atoms. The molecule has 0 N–H and O–H groups in total. The van der Waals surface area contributed by atoms with Crippen LogP contribution in [0.2, 0.25) is 5.02 Å². The van der Waals surface area contributed by atoms with Crippen LogP contribution in [0.4, 0.5) is 0 Å². The first-order chi connectivity index (χ1) is 6.83. The second-order valence-corrected chi connectivity index (χ2v) is 3.35. The van der Waals surface area contributed by atoms with Gasteiger partial charge in [0.1, 0.15) is 12.4 Å². The molecule has 0 aromatic heterocycles. The van der Waals surface area contributed by atoms with Crippen molar-refractivity contribution in [3.63, 3.8) is 0 Å². The molecule has 0 aliphatic carbocycles. The van der Waals surface area contributed by atoms with Crippen LogP contribution in [0.1, 0.15) is 13.3 Å². The lowest BCUT2D eigenvalue weighted by Crippen LogP contribution is -2.06. The van der Waals surface area contributed by atoms with Crippen molar-refractivity contribution in [2.45, 2.75) is 13.3 Å². The smallest absolute Gasteiger partial charge is 0.120 e. The zero-order chi connectivity index (χ0) is 10.2. The van der Waals surface area contributed by atoms with E-state index in [4.69, 9.17) is 21.1 Å². The zero-order valence-corrected chi connectivity index (χ0v) is 9.09. The van der Waals surface area contributed by atoms with Crippen LogP contribution in [-0.4, -0.2) is 19.8 Å². The number of halogens is 1. The summed E-state index contributed by atoms with van der Waals surface area (Å²) in [4.78, 5) is 0. The highest BCUT2D eigenvalue weighted by molar-refractivity contribution is 6.30. The average Bonchev–Trinajstić information content (AvgIpc) is 2.18. The highest BCUT2D eigenvalue weighted by Gasteiger charge is 1.94. The van der Waals surface area contributed by atoms with Crippen molar-refractivity contribution in [3.05, 3.63) is 29.3 Å². The summed E-state index contributed by atoms with van der Waals surface area (Å²) in [6, 6.07) is 7.36. The number of rotatable bonds is 6. The fraction of sp³-hybridized carbons (Fsp3) is 0.455. The Morgan fingerprint density at radius 2 is 2.07 bits per heavy atom. The molecule has 78 valence electrons. The van der Waals surface area contributed by atoms with E-state index in [-0.39, 0.29) is 0 Å². The largest absolute Gasteiger partial charge is 0.491 e. The summed E-state index contributed by atoms with van der Waals surface area (Å²) < 4.78 is 10.7. The molecule has 0 unspecified atom stereocenters. The predicted molar refractivity (Wildman–Crippen MR) is 58.1 cm³/mol. The highest BCUT2D eigenvalue weighted by atomic mass is 35.5. The topological polar surface area (TPSA) is 18.5 Å². The Balaban J connectivity index is 2.18. The van der Waals surface area contributed by atoms with Crippen molar-refractivity contribution in [2.24, 2.45) is 0 Å². The lowest BCUT2D eigenvalue weighted by molar-refractivity contribution is 0.101. The molecule has 0 radical (unpaired) electrons. The molecular formula is C11H15ClO2. The molecule has 0 aliphatic heterocycles. The maximum Gasteiger partial charge on any atom is 0.120 e. The Morgan fingerprint density at radius 1 is 1.21 bits per heavy atom. The quantitative estimate of drug-likeness (QED) is 0.678. The van der Waals surface area contributed by atoms with Gasteiger partial charge in [-0.05, 0) is 24.6 Å². The first-order valence-electron chi connectivity index (χ1n) is 4.79. The van der Waals surface area contributed by atoms with Crippen LogP contribution in [-0.2, 0) is 4.74 Å². The van der Waals surface area contributed by atoms with E-state index in [2.05, 4.69) is 6.92 Å².